The third-order valence-electron chi connectivity index (χ3n) is 4.08. The number of hydrogen-bond donors (Lipinski definition) is 1. The maximum absolute atomic E-state index is 11.5. The normalized spacial score (nSPS) is 18.9. The second kappa shape index (κ2) is 6.70. The first-order valence-electron chi connectivity index (χ1n) is 8.02. The van der Waals surface area contributed by atoms with Crippen LogP contribution in [0.25, 0.3) is 11.1 Å². The van der Waals surface area contributed by atoms with Crippen molar-refractivity contribution >= 4 is 11.3 Å². The van der Waals surface area contributed by atoms with Gasteiger partial charge in [-0.05, 0) is 54.4 Å². The molecule has 0 spiro atoms. The van der Waals surface area contributed by atoms with Crippen LogP contribution < -0.4 is 13.6 Å². The lowest BCUT2D eigenvalue weighted by Gasteiger charge is -2.23. The summed E-state index contributed by atoms with van der Waals surface area (Å²) >= 11 is -1.47. The Morgan fingerprint density at radius 3 is 2.36 bits per heavy atom. The molecule has 2 unspecified atom stereocenters. The van der Waals surface area contributed by atoms with E-state index < -0.39 is 11.3 Å². The fourth-order valence-corrected chi connectivity index (χ4v) is 3.57. The van der Waals surface area contributed by atoms with Crippen molar-refractivity contribution in [3.8, 4) is 28.4 Å². The van der Waals surface area contributed by atoms with Crippen molar-refractivity contribution in [3.63, 3.8) is 0 Å². The van der Waals surface area contributed by atoms with E-state index in [0.29, 0.717) is 5.75 Å². The van der Waals surface area contributed by atoms with Crippen LogP contribution in [-0.4, -0.2) is 4.21 Å². The van der Waals surface area contributed by atoms with Crippen LogP contribution in [0, 0.1) is 0 Å². The van der Waals surface area contributed by atoms with Gasteiger partial charge in [-0.15, -0.1) is 0 Å². The van der Waals surface area contributed by atoms with Crippen molar-refractivity contribution in [2.45, 2.75) is 13.0 Å². The monoisotopic (exact) mass is 351 g/mol. The van der Waals surface area contributed by atoms with Crippen molar-refractivity contribution in [1.29, 1.82) is 0 Å². The Labute approximate surface area is 149 Å². The van der Waals surface area contributed by atoms with Crippen LogP contribution in [0.1, 0.15) is 18.5 Å². The third kappa shape index (κ3) is 3.43. The van der Waals surface area contributed by atoms with Crippen LogP contribution in [0.2, 0.25) is 0 Å². The molecule has 1 N–H and O–H groups in total. The zero-order valence-electron chi connectivity index (χ0n) is 13.6. The molecule has 1 aliphatic heterocycles. The van der Waals surface area contributed by atoms with Gasteiger partial charge in [0.15, 0.2) is 0 Å². The summed E-state index contributed by atoms with van der Waals surface area (Å²) in [6.45, 7) is 1.97. The van der Waals surface area contributed by atoms with Gasteiger partial charge in [0.2, 0.25) is 0 Å². The highest BCUT2D eigenvalue weighted by atomic mass is 32.2. The lowest BCUT2D eigenvalue weighted by molar-refractivity contribution is 0.483. The highest BCUT2D eigenvalue weighted by molar-refractivity contribution is 7.78. The number of ether oxygens (including phenoxy) is 1. The first-order valence-corrected chi connectivity index (χ1v) is 9.10. The average Bonchev–Trinajstić information content (AvgIpc) is 2.63. The topological polar surface area (TPSA) is 47.6 Å². The van der Waals surface area contributed by atoms with E-state index in [-0.39, 0.29) is 6.04 Å². The molecule has 4 rings (SSSR count). The molecule has 0 radical (unpaired) electrons. The van der Waals surface area contributed by atoms with Gasteiger partial charge in [-0.1, -0.05) is 36.4 Å². The summed E-state index contributed by atoms with van der Waals surface area (Å²) in [5.74, 6) is 2.27. The van der Waals surface area contributed by atoms with E-state index in [2.05, 4.69) is 10.8 Å². The SMILES string of the molecule is CC1NS(=O)Oc2ccc(-c3ccc(Oc4ccccc4)cc3)cc21. The van der Waals surface area contributed by atoms with Crippen LogP contribution >= 0.6 is 0 Å². The molecule has 0 bridgehead atoms. The highest BCUT2D eigenvalue weighted by Crippen LogP contribution is 2.34. The maximum atomic E-state index is 11.5. The molecular weight excluding hydrogens is 334 g/mol. The number of fused-ring (bicyclic) bond motifs is 1. The number of benzene rings is 3. The smallest absolute Gasteiger partial charge is 0.288 e. The zero-order valence-corrected chi connectivity index (χ0v) is 14.5. The average molecular weight is 351 g/mol. The predicted octanol–water partition coefficient (Wildman–Crippen LogP) is 4.77. The van der Waals surface area contributed by atoms with Crippen LogP contribution in [0.15, 0.2) is 72.8 Å². The molecule has 25 heavy (non-hydrogen) atoms. The van der Waals surface area contributed by atoms with Crippen molar-refractivity contribution in [2.24, 2.45) is 0 Å². The lowest BCUT2D eigenvalue weighted by Crippen LogP contribution is -2.30. The van der Waals surface area contributed by atoms with Crippen LogP contribution in [0.3, 0.4) is 0 Å². The molecule has 0 fully saturated rings. The second-order valence-corrected chi connectivity index (χ2v) is 6.72. The van der Waals surface area contributed by atoms with Crippen molar-refractivity contribution in [3.05, 3.63) is 78.4 Å². The van der Waals surface area contributed by atoms with Gasteiger partial charge in [0.1, 0.15) is 17.2 Å². The number of nitrogens with one attached hydrogen (secondary N) is 1. The van der Waals surface area contributed by atoms with Gasteiger partial charge in [0.25, 0.3) is 11.3 Å². The summed E-state index contributed by atoms with van der Waals surface area (Å²) in [6.07, 6.45) is 0. The van der Waals surface area contributed by atoms with Gasteiger partial charge < -0.3 is 8.92 Å². The fraction of sp³-hybridized carbons (Fsp3) is 0.100. The molecule has 0 saturated heterocycles. The van der Waals surface area contributed by atoms with E-state index in [9.17, 15) is 4.21 Å². The van der Waals surface area contributed by atoms with Gasteiger partial charge in [-0.2, -0.15) is 8.93 Å². The standard InChI is InChI=1S/C20H17NO3S/c1-14-19-13-16(9-12-20(19)24-25(22)21-14)15-7-10-18(11-8-15)23-17-5-3-2-4-6-17/h2-14,21H,1H3. The molecule has 0 saturated carbocycles. The molecule has 4 nitrogen and oxygen atoms in total. The zero-order chi connectivity index (χ0) is 17.2. The summed E-state index contributed by atoms with van der Waals surface area (Å²) in [5.41, 5.74) is 3.17. The molecule has 0 aliphatic carbocycles. The summed E-state index contributed by atoms with van der Waals surface area (Å²) in [5, 5.41) is 0. The van der Waals surface area contributed by atoms with Crippen molar-refractivity contribution in [1.82, 2.24) is 4.72 Å². The largest absolute Gasteiger partial charge is 0.457 e. The van der Waals surface area contributed by atoms with E-state index in [4.69, 9.17) is 8.92 Å². The highest BCUT2D eigenvalue weighted by Gasteiger charge is 2.22. The molecule has 5 heteroatoms. The van der Waals surface area contributed by atoms with Crippen molar-refractivity contribution < 1.29 is 13.1 Å². The fourth-order valence-electron chi connectivity index (χ4n) is 2.80. The molecule has 2 atom stereocenters. The minimum Gasteiger partial charge on any atom is -0.457 e. The van der Waals surface area contributed by atoms with Crippen LogP contribution in [0.5, 0.6) is 17.2 Å². The van der Waals surface area contributed by atoms with Crippen LogP contribution in [-0.2, 0) is 11.3 Å². The Hall–Kier alpha value is -2.63. The second-order valence-electron chi connectivity index (χ2n) is 5.85. The van der Waals surface area contributed by atoms with E-state index >= 15 is 0 Å². The van der Waals surface area contributed by atoms with Gasteiger partial charge in [0, 0.05) is 11.6 Å². The molecular formula is C20H17NO3S. The molecule has 3 aromatic carbocycles. The first-order chi connectivity index (χ1) is 12.2. The van der Waals surface area contributed by atoms with Gasteiger partial charge >= 0.3 is 0 Å². The van der Waals surface area contributed by atoms with E-state index in [0.717, 1.165) is 28.2 Å². The summed E-state index contributed by atoms with van der Waals surface area (Å²) < 4.78 is 25.6. The van der Waals surface area contributed by atoms with Gasteiger partial charge in [-0.25, -0.2) is 0 Å². The van der Waals surface area contributed by atoms with E-state index in [1.807, 2.05) is 73.7 Å². The molecule has 0 amide bonds. The summed E-state index contributed by atoms with van der Waals surface area (Å²) in [6, 6.07) is 23.6. The molecule has 1 aliphatic rings. The lowest BCUT2D eigenvalue weighted by atomic mass is 9.99. The van der Waals surface area contributed by atoms with Gasteiger partial charge in [-0.3, -0.25) is 0 Å². The van der Waals surface area contributed by atoms with Crippen LogP contribution in [0.4, 0.5) is 0 Å². The minimum absolute atomic E-state index is 0.0229. The molecule has 1 heterocycles. The third-order valence-corrected chi connectivity index (χ3v) is 4.96. The molecule has 0 aromatic heterocycles. The van der Waals surface area contributed by atoms with Gasteiger partial charge in [0.05, 0.1) is 0 Å². The van der Waals surface area contributed by atoms with E-state index in [1.165, 1.54) is 0 Å². The maximum Gasteiger partial charge on any atom is 0.288 e. The summed E-state index contributed by atoms with van der Waals surface area (Å²) in [4.78, 5) is 0. The van der Waals surface area contributed by atoms with E-state index in [1.54, 1.807) is 0 Å². The minimum atomic E-state index is -1.47. The Kier molecular flexibility index (Phi) is 4.26. The first kappa shape index (κ1) is 15.9. The number of hydrogen-bond acceptors (Lipinski definition) is 3. The molecule has 3 aromatic rings. The number of rotatable bonds is 3. The Balaban J connectivity index is 1.58. The quantitative estimate of drug-likeness (QED) is 0.739. The Bertz CT molecular complexity index is 910. The predicted molar refractivity (Wildman–Crippen MR) is 98.7 cm³/mol. The number of para-hydroxylation sites is 1. The Morgan fingerprint density at radius 1 is 0.920 bits per heavy atom. The van der Waals surface area contributed by atoms with Crippen molar-refractivity contribution in [2.75, 3.05) is 0 Å². The molecule has 126 valence electrons. The summed E-state index contributed by atoms with van der Waals surface area (Å²) in [7, 11) is 0. The Morgan fingerprint density at radius 2 is 1.60 bits per heavy atom.